The van der Waals surface area contributed by atoms with E-state index in [4.69, 9.17) is 14.6 Å². The maximum absolute atomic E-state index is 10.1. The molecule has 0 heterocycles. The molecule has 1 atom stereocenters. The minimum Gasteiger partial charge on any atom is -0.550 e. The fourth-order valence-electron chi connectivity index (χ4n) is 1.79. The van der Waals surface area contributed by atoms with E-state index in [2.05, 4.69) is 0 Å². The van der Waals surface area contributed by atoms with E-state index in [1.165, 1.54) is 0 Å². The van der Waals surface area contributed by atoms with Gasteiger partial charge in [0.2, 0.25) is 0 Å². The number of aliphatic hydroxyl groups is 1. The minimum atomic E-state index is -1.08. The van der Waals surface area contributed by atoms with E-state index in [9.17, 15) is 5.11 Å². The molecule has 0 aliphatic heterocycles. The smallest absolute Gasteiger partial charge is 0.550 e. The van der Waals surface area contributed by atoms with Gasteiger partial charge >= 0.3 is 27.7 Å². The fourth-order valence-corrected chi connectivity index (χ4v) is 1.79. The van der Waals surface area contributed by atoms with Crippen molar-refractivity contribution < 1.29 is 47.4 Å². The molecule has 117 valence electrons. The van der Waals surface area contributed by atoms with Gasteiger partial charge in [0.15, 0.2) is 0 Å². The molecule has 0 aromatic heterocycles. The molecule has 4 nitrogen and oxygen atoms in total. The van der Waals surface area contributed by atoms with Crippen molar-refractivity contribution >= 4 is 11.7 Å². The van der Waals surface area contributed by atoms with Gasteiger partial charge in [-0.25, -0.2) is 0 Å². The first kappa shape index (κ1) is 21.3. The molecule has 0 aliphatic rings. The third kappa shape index (κ3) is 8.52. The van der Waals surface area contributed by atoms with Crippen molar-refractivity contribution in [1.82, 2.24) is 0 Å². The normalized spacial score (nSPS) is 11.5. The molecule has 1 N–H and O–H groups in total. The standard InChI is InChI=1S/C16H16O2.C2H4O2.Hg/c1-18-16(14-10-6-3-7-11-14)12-15(17)13-8-4-2-5-9-13;1-2(3)4;/h2-12,16-17H,1H3;1H3,(H,3,4);/q;;+1/p-1/b15-12-;;. The van der Waals surface area contributed by atoms with E-state index in [0.29, 0.717) is 0 Å². The first-order valence-electron chi connectivity index (χ1n) is 6.76. The summed E-state index contributed by atoms with van der Waals surface area (Å²) < 4.78 is 5.39. The topological polar surface area (TPSA) is 69.6 Å². The molecular formula is C18H19HgO4. The third-order valence-corrected chi connectivity index (χ3v) is 2.76. The summed E-state index contributed by atoms with van der Waals surface area (Å²) >= 11 is 0. The molecule has 0 fully saturated rings. The van der Waals surface area contributed by atoms with Crippen LogP contribution in [0.25, 0.3) is 5.76 Å². The summed E-state index contributed by atoms with van der Waals surface area (Å²) in [5.74, 6) is -0.855. The van der Waals surface area contributed by atoms with Gasteiger partial charge in [-0.05, 0) is 18.6 Å². The zero-order chi connectivity index (χ0) is 16.4. The van der Waals surface area contributed by atoms with E-state index < -0.39 is 5.97 Å². The van der Waals surface area contributed by atoms with Crippen molar-refractivity contribution in [3.63, 3.8) is 0 Å². The molecule has 0 saturated carbocycles. The first-order chi connectivity index (χ1) is 10.5. The van der Waals surface area contributed by atoms with Gasteiger partial charge < -0.3 is 19.7 Å². The second-order valence-electron chi connectivity index (χ2n) is 4.48. The Labute approximate surface area is 156 Å². The average Bonchev–Trinajstić information content (AvgIpc) is 2.53. The largest absolute Gasteiger partial charge is 1.00 e. The van der Waals surface area contributed by atoms with Gasteiger partial charge in [0.05, 0.1) is 0 Å². The van der Waals surface area contributed by atoms with Crippen LogP contribution in [-0.2, 0) is 37.2 Å². The van der Waals surface area contributed by atoms with Crippen LogP contribution in [0.15, 0.2) is 66.7 Å². The summed E-state index contributed by atoms with van der Waals surface area (Å²) in [7, 11) is 1.63. The van der Waals surface area contributed by atoms with Crippen molar-refractivity contribution in [3.8, 4) is 0 Å². The minimum absolute atomic E-state index is 0. The molecule has 0 saturated heterocycles. The Balaban J connectivity index is 0.000000871. The van der Waals surface area contributed by atoms with Crippen LogP contribution in [0.4, 0.5) is 0 Å². The summed E-state index contributed by atoms with van der Waals surface area (Å²) in [5.41, 5.74) is 1.80. The Morgan fingerprint density at radius 2 is 1.52 bits per heavy atom. The number of carbonyl (C=O) groups is 1. The van der Waals surface area contributed by atoms with E-state index in [1.54, 1.807) is 13.2 Å². The Morgan fingerprint density at radius 3 is 1.96 bits per heavy atom. The summed E-state index contributed by atoms with van der Waals surface area (Å²) in [6.07, 6.45) is 1.47. The maximum atomic E-state index is 10.1. The van der Waals surface area contributed by atoms with Crippen molar-refractivity contribution in [3.05, 3.63) is 77.9 Å². The number of ether oxygens (including phenoxy) is 1. The van der Waals surface area contributed by atoms with Crippen LogP contribution < -0.4 is 5.11 Å². The Kier molecular flexibility index (Phi) is 11.0. The average molecular weight is 500 g/mol. The Bertz CT molecular complexity index is 593. The van der Waals surface area contributed by atoms with Crippen LogP contribution in [0.3, 0.4) is 0 Å². The predicted molar refractivity (Wildman–Crippen MR) is 83.9 cm³/mol. The van der Waals surface area contributed by atoms with E-state index in [0.717, 1.165) is 18.1 Å². The zero-order valence-electron chi connectivity index (χ0n) is 13.3. The van der Waals surface area contributed by atoms with Crippen LogP contribution in [0, 0.1) is 0 Å². The molecule has 1 radical (unpaired) electrons. The quantitative estimate of drug-likeness (QED) is 0.519. The fraction of sp³-hybridized carbons (Fsp3) is 0.167. The Hall–Kier alpha value is -1.65. The van der Waals surface area contributed by atoms with Crippen molar-refractivity contribution in [2.75, 3.05) is 7.11 Å². The number of benzene rings is 2. The second-order valence-corrected chi connectivity index (χ2v) is 4.48. The molecule has 1 unspecified atom stereocenters. The van der Waals surface area contributed by atoms with E-state index >= 15 is 0 Å². The number of hydrogen-bond acceptors (Lipinski definition) is 4. The number of methoxy groups -OCH3 is 1. The van der Waals surface area contributed by atoms with Crippen LogP contribution >= 0.6 is 0 Å². The zero-order valence-corrected chi connectivity index (χ0v) is 18.8. The van der Waals surface area contributed by atoms with E-state index in [-0.39, 0.29) is 39.5 Å². The summed E-state index contributed by atoms with van der Waals surface area (Å²) in [5, 5.41) is 19.0. The molecule has 2 aromatic rings. The molecule has 5 heteroatoms. The van der Waals surface area contributed by atoms with Crippen molar-refractivity contribution in [2.24, 2.45) is 0 Å². The van der Waals surface area contributed by atoms with Gasteiger partial charge in [0.1, 0.15) is 11.9 Å². The number of aliphatic carboxylic acids is 1. The van der Waals surface area contributed by atoms with Crippen LogP contribution in [-0.4, -0.2) is 18.2 Å². The van der Waals surface area contributed by atoms with Gasteiger partial charge in [-0.15, -0.1) is 0 Å². The van der Waals surface area contributed by atoms with Gasteiger partial charge in [0.25, 0.3) is 0 Å². The molecule has 0 bridgehead atoms. The SMILES string of the molecule is CC(=O)[O-].COC(/C=C(\O)c1ccccc1)c1ccccc1.[Hg+]. The number of rotatable bonds is 4. The number of hydrogen-bond donors (Lipinski definition) is 1. The van der Waals surface area contributed by atoms with Crippen LogP contribution in [0.5, 0.6) is 0 Å². The summed E-state index contributed by atoms with van der Waals surface area (Å²) in [4.78, 5) is 8.89. The summed E-state index contributed by atoms with van der Waals surface area (Å²) in [6.45, 7) is 0.972. The molecule has 23 heavy (non-hydrogen) atoms. The van der Waals surface area contributed by atoms with Crippen molar-refractivity contribution in [1.29, 1.82) is 0 Å². The van der Waals surface area contributed by atoms with Gasteiger partial charge in [0, 0.05) is 18.6 Å². The van der Waals surface area contributed by atoms with Gasteiger partial charge in [-0.1, -0.05) is 60.7 Å². The molecular weight excluding hydrogens is 481 g/mol. The molecule has 0 amide bonds. The Morgan fingerprint density at radius 1 is 1.09 bits per heavy atom. The maximum Gasteiger partial charge on any atom is 1.00 e. The summed E-state index contributed by atoms with van der Waals surface area (Å²) in [6, 6.07) is 19.2. The first-order valence-corrected chi connectivity index (χ1v) is 6.76. The number of carboxylic acid groups (broad SMARTS) is 1. The van der Waals surface area contributed by atoms with Crippen molar-refractivity contribution in [2.45, 2.75) is 13.0 Å². The molecule has 2 aromatic carbocycles. The molecule has 2 rings (SSSR count). The third-order valence-electron chi connectivity index (χ3n) is 2.76. The van der Waals surface area contributed by atoms with E-state index in [1.807, 2.05) is 60.7 Å². The number of aliphatic hydroxyl groups excluding tert-OH is 1. The second kappa shape index (κ2) is 11.9. The van der Waals surface area contributed by atoms with Crippen LogP contribution in [0.2, 0.25) is 0 Å². The monoisotopic (exact) mass is 501 g/mol. The molecule has 0 spiro atoms. The molecule has 0 aliphatic carbocycles. The van der Waals surface area contributed by atoms with Crippen LogP contribution in [0.1, 0.15) is 24.2 Å². The number of carbonyl (C=O) groups excluding carboxylic acids is 1. The number of carboxylic acids is 1. The predicted octanol–water partition coefficient (Wildman–Crippen LogP) is 2.73. The van der Waals surface area contributed by atoms with Gasteiger partial charge in [-0.3, -0.25) is 0 Å². The van der Waals surface area contributed by atoms with Gasteiger partial charge in [-0.2, -0.15) is 0 Å².